The first kappa shape index (κ1) is 16.1. The smallest absolute Gasteiger partial charge is 0.228 e. The van der Waals surface area contributed by atoms with Crippen LogP contribution in [-0.2, 0) is 11.2 Å². The van der Waals surface area contributed by atoms with Gasteiger partial charge in [-0.25, -0.2) is 4.39 Å². The Morgan fingerprint density at radius 1 is 1.22 bits per heavy atom. The Bertz CT molecular complexity index is 769. The number of carbonyl (C=O) groups is 1. The molecule has 0 fully saturated rings. The highest BCUT2D eigenvalue weighted by Gasteiger charge is 2.17. The minimum absolute atomic E-state index is 0.0687. The fourth-order valence-corrected chi connectivity index (χ4v) is 2.82. The van der Waals surface area contributed by atoms with Crippen molar-refractivity contribution >= 4 is 39.1 Å². The van der Waals surface area contributed by atoms with Crippen LogP contribution in [0, 0.1) is 5.82 Å². The number of hydrogen-bond acceptors (Lipinski definition) is 3. The van der Waals surface area contributed by atoms with Crippen LogP contribution in [0.1, 0.15) is 5.56 Å². The quantitative estimate of drug-likeness (QED) is 0.840. The van der Waals surface area contributed by atoms with E-state index < -0.39 is 5.82 Å². The van der Waals surface area contributed by atoms with Crippen LogP contribution in [0.3, 0.4) is 0 Å². The molecular weight excluding hydrogens is 389 g/mol. The molecule has 4 nitrogen and oxygen atoms in total. The largest absolute Gasteiger partial charge is 0.486 e. The van der Waals surface area contributed by atoms with Crippen molar-refractivity contribution in [2.45, 2.75) is 6.42 Å². The predicted octanol–water partition coefficient (Wildman–Crippen LogP) is 4.19. The molecule has 1 N–H and O–H groups in total. The standard InChI is InChI=1S/C16H12BrClFNO3/c17-11-8-15-14(22-3-4-23-15)5-9(11)6-16(21)20-13-2-1-10(18)7-12(13)19/h1-2,5,7-8H,3-4,6H2,(H,20,21). The van der Waals surface area contributed by atoms with E-state index >= 15 is 0 Å². The molecule has 2 aromatic carbocycles. The Morgan fingerprint density at radius 2 is 1.91 bits per heavy atom. The van der Waals surface area contributed by atoms with Gasteiger partial charge in [-0.3, -0.25) is 4.79 Å². The van der Waals surface area contributed by atoms with Crippen LogP contribution in [0.2, 0.25) is 5.02 Å². The summed E-state index contributed by atoms with van der Waals surface area (Å²) in [6.45, 7) is 0.964. The number of fused-ring (bicyclic) bond motifs is 1. The van der Waals surface area contributed by atoms with Gasteiger partial charge in [0.1, 0.15) is 19.0 Å². The first-order chi connectivity index (χ1) is 11.0. The lowest BCUT2D eigenvalue weighted by atomic mass is 10.1. The Hall–Kier alpha value is -1.79. The topological polar surface area (TPSA) is 47.6 Å². The number of carbonyl (C=O) groups excluding carboxylic acids is 1. The van der Waals surface area contributed by atoms with Crippen molar-refractivity contribution in [2.75, 3.05) is 18.5 Å². The maximum Gasteiger partial charge on any atom is 0.228 e. The van der Waals surface area contributed by atoms with Gasteiger partial charge < -0.3 is 14.8 Å². The van der Waals surface area contributed by atoms with Gasteiger partial charge in [0.2, 0.25) is 5.91 Å². The molecule has 0 spiro atoms. The van der Waals surface area contributed by atoms with Gasteiger partial charge in [0, 0.05) is 9.50 Å². The van der Waals surface area contributed by atoms with E-state index in [2.05, 4.69) is 21.2 Å². The molecule has 0 aromatic heterocycles. The van der Waals surface area contributed by atoms with Crippen LogP contribution in [0.4, 0.5) is 10.1 Å². The Balaban J connectivity index is 1.75. The fraction of sp³-hybridized carbons (Fsp3) is 0.188. The molecule has 0 aliphatic carbocycles. The molecule has 0 radical (unpaired) electrons. The predicted molar refractivity (Wildman–Crippen MR) is 88.9 cm³/mol. The fourth-order valence-electron chi connectivity index (χ4n) is 2.20. The first-order valence-corrected chi connectivity index (χ1v) is 8.03. The molecule has 120 valence electrons. The van der Waals surface area contributed by atoms with E-state index in [0.29, 0.717) is 24.7 Å². The highest BCUT2D eigenvalue weighted by Crippen LogP contribution is 2.35. The maximum absolute atomic E-state index is 13.7. The SMILES string of the molecule is O=C(Cc1cc2c(cc1Br)OCCO2)Nc1ccc(Cl)cc1F. The monoisotopic (exact) mass is 399 g/mol. The normalized spacial score (nSPS) is 12.8. The first-order valence-electron chi connectivity index (χ1n) is 6.86. The zero-order valence-corrected chi connectivity index (χ0v) is 14.2. The molecule has 23 heavy (non-hydrogen) atoms. The molecule has 7 heteroatoms. The highest BCUT2D eigenvalue weighted by molar-refractivity contribution is 9.10. The number of amides is 1. The third-order valence-corrected chi connectivity index (χ3v) is 4.24. The number of benzene rings is 2. The van der Waals surface area contributed by atoms with Gasteiger partial charge in [-0.15, -0.1) is 0 Å². The van der Waals surface area contributed by atoms with E-state index in [0.717, 1.165) is 16.1 Å². The van der Waals surface area contributed by atoms with Crippen molar-refractivity contribution in [1.29, 1.82) is 0 Å². The van der Waals surface area contributed by atoms with Crippen LogP contribution in [0.5, 0.6) is 11.5 Å². The Labute approximate surface area is 145 Å². The van der Waals surface area contributed by atoms with Gasteiger partial charge in [-0.05, 0) is 35.9 Å². The number of nitrogens with one attached hydrogen (secondary N) is 1. The van der Waals surface area contributed by atoms with Crippen molar-refractivity contribution in [1.82, 2.24) is 0 Å². The van der Waals surface area contributed by atoms with Crippen molar-refractivity contribution in [3.63, 3.8) is 0 Å². The molecule has 0 saturated carbocycles. The summed E-state index contributed by atoms with van der Waals surface area (Å²) in [5.74, 6) is 0.312. The van der Waals surface area contributed by atoms with Crippen molar-refractivity contribution in [3.05, 3.63) is 51.2 Å². The van der Waals surface area contributed by atoms with Crippen LogP contribution < -0.4 is 14.8 Å². The summed E-state index contributed by atoms with van der Waals surface area (Å²) in [4.78, 5) is 12.1. The molecule has 3 rings (SSSR count). The second kappa shape index (κ2) is 6.76. The molecule has 1 aliphatic rings. The van der Waals surface area contributed by atoms with E-state index in [4.69, 9.17) is 21.1 Å². The van der Waals surface area contributed by atoms with E-state index in [1.165, 1.54) is 12.1 Å². The molecule has 1 heterocycles. The number of anilines is 1. The lowest BCUT2D eigenvalue weighted by Gasteiger charge is -2.19. The minimum Gasteiger partial charge on any atom is -0.486 e. The van der Waals surface area contributed by atoms with Crippen LogP contribution >= 0.6 is 27.5 Å². The van der Waals surface area contributed by atoms with E-state index in [-0.39, 0.29) is 23.0 Å². The molecule has 0 bridgehead atoms. The van der Waals surface area contributed by atoms with Crippen LogP contribution in [0.25, 0.3) is 0 Å². The Kier molecular flexibility index (Phi) is 4.73. The average molecular weight is 401 g/mol. The summed E-state index contributed by atoms with van der Waals surface area (Å²) in [7, 11) is 0. The summed E-state index contributed by atoms with van der Waals surface area (Å²) in [5.41, 5.74) is 0.814. The van der Waals surface area contributed by atoms with Crippen molar-refractivity contribution < 1.29 is 18.7 Å². The number of hydrogen-bond donors (Lipinski definition) is 1. The number of rotatable bonds is 3. The van der Waals surface area contributed by atoms with Crippen molar-refractivity contribution in [3.8, 4) is 11.5 Å². The van der Waals surface area contributed by atoms with Gasteiger partial charge >= 0.3 is 0 Å². The van der Waals surface area contributed by atoms with E-state index in [1.807, 2.05) is 0 Å². The molecule has 0 saturated heterocycles. The van der Waals surface area contributed by atoms with Gasteiger partial charge in [0.25, 0.3) is 0 Å². The minimum atomic E-state index is -0.577. The van der Waals surface area contributed by atoms with Gasteiger partial charge in [0.15, 0.2) is 11.5 Å². The third kappa shape index (κ3) is 3.76. The maximum atomic E-state index is 13.7. The van der Waals surface area contributed by atoms with Gasteiger partial charge in [-0.2, -0.15) is 0 Å². The lowest BCUT2D eigenvalue weighted by molar-refractivity contribution is -0.115. The molecule has 1 amide bonds. The van der Waals surface area contributed by atoms with Gasteiger partial charge in [0.05, 0.1) is 12.1 Å². The van der Waals surface area contributed by atoms with Crippen molar-refractivity contribution in [2.24, 2.45) is 0 Å². The molecule has 0 atom stereocenters. The Morgan fingerprint density at radius 3 is 2.61 bits per heavy atom. The summed E-state index contributed by atoms with van der Waals surface area (Å²) in [5, 5.41) is 2.80. The summed E-state index contributed by atoms with van der Waals surface area (Å²) in [6.07, 6.45) is 0.0687. The zero-order chi connectivity index (χ0) is 16.4. The molecule has 1 aliphatic heterocycles. The van der Waals surface area contributed by atoms with E-state index in [9.17, 15) is 9.18 Å². The third-order valence-electron chi connectivity index (χ3n) is 3.27. The van der Waals surface area contributed by atoms with Crippen LogP contribution in [-0.4, -0.2) is 19.1 Å². The number of ether oxygens (including phenoxy) is 2. The molecular formula is C16H12BrClFNO3. The molecule has 0 unspecified atom stereocenters. The highest BCUT2D eigenvalue weighted by atomic mass is 79.9. The summed E-state index contributed by atoms with van der Waals surface area (Å²) >= 11 is 9.09. The number of halogens is 3. The lowest BCUT2D eigenvalue weighted by Crippen LogP contribution is -2.18. The zero-order valence-electron chi connectivity index (χ0n) is 11.9. The van der Waals surface area contributed by atoms with E-state index in [1.54, 1.807) is 12.1 Å². The van der Waals surface area contributed by atoms with Gasteiger partial charge in [-0.1, -0.05) is 27.5 Å². The van der Waals surface area contributed by atoms with Crippen LogP contribution in [0.15, 0.2) is 34.8 Å². The summed E-state index contributed by atoms with van der Waals surface area (Å²) < 4.78 is 25.4. The second-order valence-electron chi connectivity index (χ2n) is 4.94. The second-order valence-corrected chi connectivity index (χ2v) is 6.23. The molecule has 2 aromatic rings. The summed E-state index contributed by atoms with van der Waals surface area (Å²) in [6, 6.07) is 7.60. The average Bonchev–Trinajstić information content (AvgIpc) is 2.51.